The Labute approximate surface area is 171 Å². The summed E-state index contributed by atoms with van der Waals surface area (Å²) in [6.07, 6.45) is 2.62. The average Bonchev–Trinajstić information content (AvgIpc) is 2.66. The second-order valence-electron chi connectivity index (χ2n) is 8.12. The molecule has 28 heavy (non-hydrogen) atoms. The third-order valence-corrected chi connectivity index (χ3v) is 5.43. The number of benzene rings is 1. The second kappa shape index (κ2) is 11.1. The van der Waals surface area contributed by atoms with E-state index in [0.29, 0.717) is 6.54 Å². The number of anilines is 2. The van der Waals surface area contributed by atoms with Crippen molar-refractivity contribution < 1.29 is 9.59 Å². The van der Waals surface area contributed by atoms with E-state index < -0.39 is 0 Å². The maximum absolute atomic E-state index is 13.2. The molecular weight excluding hydrogens is 350 g/mol. The van der Waals surface area contributed by atoms with E-state index in [4.69, 9.17) is 0 Å². The van der Waals surface area contributed by atoms with Gasteiger partial charge in [-0.15, -0.1) is 0 Å². The fraction of sp³-hybridized carbons (Fsp3) is 0.652. The summed E-state index contributed by atoms with van der Waals surface area (Å²) in [5.74, 6) is 0.196. The second-order valence-corrected chi connectivity index (χ2v) is 8.12. The molecule has 0 aliphatic heterocycles. The summed E-state index contributed by atoms with van der Waals surface area (Å²) in [6, 6.07) is 6.11. The Kier molecular flexibility index (Phi) is 9.50. The van der Waals surface area contributed by atoms with E-state index in [0.717, 1.165) is 36.2 Å². The third kappa shape index (κ3) is 6.25. The van der Waals surface area contributed by atoms with Gasteiger partial charge in [-0.2, -0.15) is 0 Å². The van der Waals surface area contributed by atoms with Gasteiger partial charge < -0.3 is 15.1 Å². The normalized spacial score (nSPS) is 12.2. The fourth-order valence-electron chi connectivity index (χ4n) is 3.24. The summed E-state index contributed by atoms with van der Waals surface area (Å²) >= 11 is 0. The predicted molar refractivity (Wildman–Crippen MR) is 119 cm³/mol. The van der Waals surface area contributed by atoms with Crippen LogP contribution in [-0.2, 0) is 16.1 Å². The monoisotopic (exact) mass is 389 g/mol. The van der Waals surface area contributed by atoms with Crippen molar-refractivity contribution in [3.8, 4) is 0 Å². The molecule has 1 rings (SSSR count). The lowest BCUT2D eigenvalue weighted by Crippen LogP contribution is -2.41. The van der Waals surface area contributed by atoms with Gasteiger partial charge in [-0.25, -0.2) is 0 Å². The average molecular weight is 390 g/mol. The first-order valence-electron chi connectivity index (χ1n) is 10.6. The molecule has 1 atom stereocenters. The molecular formula is C23H39N3O2. The number of hydrogen-bond donors (Lipinski definition) is 1. The highest BCUT2D eigenvalue weighted by atomic mass is 16.2. The molecule has 0 bridgehead atoms. The van der Waals surface area contributed by atoms with Crippen LogP contribution in [0.2, 0.25) is 0 Å². The van der Waals surface area contributed by atoms with E-state index in [9.17, 15) is 9.59 Å². The lowest BCUT2D eigenvalue weighted by atomic mass is 9.99. The highest BCUT2D eigenvalue weighted by molar-refractivity contribution is 5.92. The first kappa shape index (κ1) is 24.0. The van der Waals surface area contributed by atoms with E-state index in [-0.39, 0.29) is 29.7 Å². The summed E-state index contributed by atoms with van der Waals surface area (Å²) < 4.78 is 0. The molecule has 0 fully saturated rings. The number of nitrogens with zero attached hydrogens (tertiary/aromatic N) is 2. The highest BCUT2D eigenvalue weighted by Crippen LogP contribution is 2.27. The number of carbonyl (C=O) groups excluding carboxylic acids is 2. The number of hydrogen-bond acceptors (Lipinski definition) is 3. The van der Waals surface area contributed by atoms with E-state index in [2.05, 4.69) is 37.9 Å². The first-order valence-corrected chi connectivity index (χ1v) is 10.6. The van der Waals surface area contributed by atoms with Gasteiger partial charge in [0.1, 0.15) is 0 Å². The smallest absolute Gasteiger partial charge is 0.226 e. The highest BCUT2D eigenvalue weighted by Gasteiger charge is 2.26. The van der Waals surface area contributed by atoms with Gasteiger partial charge in [-0.05, 0) is 49.9 Å². The summed E-state index contributed by atoms with van der Waals surface area (Å²) in [7, 11) is 4.00. The first-order chi connectivity index (χ1) is 13.2. The van der Waals surface area contributed by atoms with Crippen molar-refractivity contribution in [1.29, 1.82) is 0 Å². The zero-order chi connectivity index (χ0) is 21.4. The molecule has 1 unspecified atom stereocenters. The van der Waals surface area contributed by atoms with Crippen LogP contribution in [0.3, 0.4) is 0 Å². The van der Waals surface area contributed by atoms with Gasteiger partial charge in [-0.3, -0.25) is 9.59 Å². The Bertz CT molecular complexity index is 651. The van der Waals surface area contributed by atoms with Crippen molar-refractivity contribution in [2.24, 2.45) is 11.8 Å². The molecule has 5 nitrogen and oxygen atoms in total. The van der Waals surface area contributed by atoms with Crippen molar-refractivity contribution in [2.45, 2.75) is 73.4 Å². The largest absolute Gasteiger partial charge is 0.377 e. The summed E-state index contributed by atoms with van der Waals surface area (Å²) in [5, 5.41) is 2.98. The molecule has 0 aromatic heterocycles. The van der Waals surface area contributed by atoms with E-state index in [1.165, 1.54) is 0 Å². The van der Waals surface area contributed by atoms with Gasteiger partial charge in [0.25, 0.3) is 0 Å². The molecule has 1 N–H and O–H groups in total. The third-order valence-electron chi connectivity index (χ3n) is 5.43. The minimum Gasteiger partial charge on any atom is -0.377 e. The zero-order valence-corrected chi connectivity index (χ0v) is 19.0. The number of carbonyl (C=O) groups is 2. The number of rotatable bonds is 10. The van der Waals surface area contributed by atoms with Gasteiger partial charge in [0.15, 0.2) is 0 Å². The van der Waals surface area contributed by atoms with Crippen LogP contribution in [0, 0.1) is 11.8 Å². The van der Waals surface area contributed by atoms with Crippen LogP contribution in [0.15, 0.2) is 18.2 Å². The zero-order valence-electron chi connectivity index (χ0n) is 19.0. The van der Waals surface area contributed by atoms with Crippen LogP contribution in [0.5, 0.6) is 0 Å². The predicted octanol–water partition coefficient (Wildman–Crippen LogP) is 4.91. The Morgan fingerprint density at radius 2 is 1.61 bits per heavy atom. The molecule has 0 saturated heterocycles. The molecule has 0 heterocycles. The van der Waals surface area contributed by atoms with Crippen LogP contribution in [0.25, 0.3) is 0 Å². The molecule has 0 radical (unpaired) electrons. The van der Waals surface area contributed by atoms with Crippen LogP contribution in [-0.4, -0.2) is 36.9 Å². The molecule has 0 saturated carbocycles. The van der Waals surface area contributed by atoms with Crippen molar-refractivity contribution in [3.63, 3.8) is 0 Å². The maximum Gasteiger partial charge on any atom is 0.226 e. The van der Waals surface area contributed by atoms with Crippen molar-refractivity contribution in [3.05, 3.63) is 23.8 Å². The molecule has 2 amide bonds. The Morgan fingerprint density at radius 3 is 2.07 bits per heavy atom. The molecule has 0 spiro atoms. The lowest BCUT2D eigenvalue weighted by Gasteiger charge is -2.33. The maximum atomic E-state index is 13.2. The lowest BCUT2D eigenvalue weighted by molar-refractivity contribution is -0.138. The minimum absolute atomic E-state index is 0.00422. The van der Waals surface area contributed by atoms with Gasteiger partial charge in [0.05, 0.1) is 0 Å². The molecule has 158 valence electrons. The summed E-state index contributed by atoms with van der Waals surface area (Å²) in [6.45, 7) is 12.7. The number of nitrogens with one attached hydrogen (secondary N) is 1. The van der Waals surface area contributed by atoms with E-state index in [1.807, 2.05) is 51.0 Å². The van der Waals surface area contributed by atoms with Crippen LogP contribution >= 0.6 is 0 Å². The van der Waals surface area contributed by atoms with Gasteiger partial charge in [0, 0.05) is 49.9 Å². The summed E-state index contributed by atoms with van der Waals surface area (Å²) in [4.78, 5) is 29.4. The van der Waals surface area contributed by atoms with E-state index >= 15 is 0 Å². The standard InChI is InChI=1S/C23H39N3O2/c1-9-17(6)26(23(28)18(10-2)11-3)15-19-14-20(24-22(27)16(4)5)12-13-21(19)25(7)8/h12-14,16-18H,9-11,15H2,1-8H3,(H,24,27). The quantitative estimate of drug-likeness (QED) is 0.618. The Hall–Kier alpha value is -2.04. The minimum atomic E-state index is -0.0787. The van der Waals surface area contributed by atoms with E-state index in [1.54, 1.807) is 0 Å². The summed E-state index contributed by atoms with van der Waals surface area (Å²) in [5.41, 5.74) is 2.89. The van der Waals surface area contributed by atoms with Crippen molar-refractivity contribution in [1.82, 2.24) is 4.90 Å². The van der Waals surface area contributed by atoms with Gasteiger partial charge in [0.2, 0.25) is 11.8 Å². The Morgan fingerprint density at radius 1 is 1.00 bits per heavy atom. The van der Waals surface area contributed by atoms with Crippen LogP contribution in [0.4, 0.5) is 11.4 Å². The topological polar surface area (TPSA) is 52.7 Å². The number of amides is 2. The molecule has 5 heteroatoms. The van der Waals surface area contributed by atoms with Crippen LogP contribution in [0.1, 0.15) is 66.4 Å². The SMILES string of the molecule is CCC(CC)C(=O)N(Cc1cc(NC(=O)C(C)C)ccc1N(C)C)C(C)CC. The molecule has 1 aromatic rings. The molecule has 0 aliphatic rings. The van der Waals surface area contributed by atoms with Gasteiger partial charge >= 0.3 is 0 Å². The van der Waals surface area contributed by atoms with Crippen LogP contribution < -0.4 is 10.2 Å². The fourth-order valence-corrected chi connectivity index (χ4v) is 3.24. The molecule has 1 aromatic carbocycles. The van der Waals surface area contributed by atoms with Crippen molar-refractivity contribution in [2.75, 3.05) is 24.3 Å². The van der Waals surface area contributed by atoms with Crippen molar-refractivity contribution >= 4 is 23.2 Å². The Balaban J connectivity index is 3.27. The van der Waals surface area contributed by atoms with Gasteiger partial charge in [-0.1, -0.05) is 34.6 Å². The molecule has 0 aliphatic carbocycles.